The predicted octanol–water partition coefficient (Wildman–Crippen LogP) is 1.58. The Morgan fingerprint density at radius 2 is 1.91 bits per heavy atom. The second kappa shape index (κ2) is 5.38. The smallest absolute Gasteiger partial charge is 0.325 e. The third-order valence-corrected chi connectivity index (χ3v) is 3.54. The number of aromatic nitrogens is 2. The molecule has 0 saturated carbocycles. The average Bonchev–Trinajstić information content (AvgIpc) is 3.06. The van der Waals surface area contributed by atoms with E-state index in [9.17, 15) is 9.59 Å². The van der Waals surface area contributed by atoms with Crippen LogP contribution in [0.2, 0.25) is 0 Å². The molecule has 0 aliphatic carbocycles. The van der Waals surface area contributed by atoms with Crippen molar-refractivity contribution in [2.24, 2.45) is 0 Å². The fraction of sp³-hybridized carbons (Fsp3) is 0.333. The number of rotatable bonds is 4. The number of nitrogens with zero attached hydrogens (tertiary/aromatic N) is 3. The molecule has 8 heteroatoms. The molecule has 1 aromatic carbocycles. The van der Waals surface area contributed by atoms with Crippen molar-refractivity contribution in [3.63, 3.8) is 0 Å². The van der Waals surface area contributed by atoms with Crippen LogP contribution < -0.4 is 10.1 Å². The van der Waals surface area contributed by atoms with Gasteiger partial charge in [-0.3, -0.25) is 9.69 Å². The summed E-state index contributed by atoms with van der Waals surface area (Å²) < 4.78 is 10.6. The van der Waals surface area contributed by atoms with Gasteiger partial charge in [0.25, 0.3) is 5.91 Å². The zero-order valence-electron chi connectivity index (χ0n) is 13.0. The summed E-state index contributed by atoms with van der Waals surface area (Å²) in [7, 11) is 1.58. The number of carbonyl (C=O) groups excluding carboxylic acids is 2. The van der Waals surface area contributed by atoms with Crippen LogP contribution in [0.1, 0.15) is 19.7 Å². The molecule has 0 bridgehead atoms. The van der Waals surface area contributed by atoms with Crippen LogP contribution in [0, 0.1) is 0 Å². The van der Waals surface area contributed by atoms with E-state index in [1.54, 1.807) is 45.2 Å². The molecule has 3 rings (SSSR count). The fourth-order valence-corrected chi connectivity index (χ4v) is 2.26. The molecule has 1 aromatic heterocycles. The largest absolute Gasteiger partial charge is 0.497 e. The van der Waals surface area contributed by atoms with Gasteiger partial charge in [0.15, 0.2) is 0 Å². The maximum absolute atomic E-state index is 12.1. The number of imide groups is 1. The van der Waals surface area contributed by atoms with Crippen molar-refractivity contribution in [2.45, 2.75) is 25.9 Å². The standard InChI is InChI=1S/C15H16N4O4/c1-15(2)13(20)19(14(21)16-15)8-11-17-18-12(23-11)9-4-6-10(22-3)7-5-9/h4-7H,8H2,1-3H3,(H,16,21). The van der Waals surface area contributed by atoms with Crippen LogP contribution in [0.4, 0.5) is 4.79 Å². The molecule has 0 spiro atoms. The van der Waals surface area contributed by atoms with Gasteiger partial charge in [-0.25, -0.2) is 4.79 Å². The number of benzene rings is 1. The second-order valence-corrected chi connectivity index (χ2v) is 5.68. The summed E-state index contributed by atoms with van der Waals surface area (Å²) in [6, 6.07) is 6.65. The Bertz CT molecular complexity index is 751. The van der Waals surface area contributed by atoms with Crippen LogP contribution in [-0.4, -0.2) is 39.7 Å². The zero-order chi connectivity index (χ0) is 16.6. The summed E-state index contributed by atoms with van der Waals surface area (Å²) >= 11 is 0. The van der Waals surface area contributed by atoms with Crippen LogP contribution in [0.25, 0.3) is 11.5 Å². The van der Waals surface area contributed by atoms with E-state index in [0.29, 0.717) is 5.89 Å². The Morgan fingerprint density at radius 3 is 2.48 bits per heavy atom. The van der Waals surface area contributed by atoms with Crippen LogP contribution in [0.15, 0.2) is 28.7 Å². The highest BCUT2D eigenvalue weighted by Crippen LogP contribution is 2.23. The van der Waals surface area contributed by atoms with Gasteiger partial charge in [-0.05, 0) is 38.1 Å². The Kier molecular flexibility index (Phi) is 3.51. The highest BCUT2D eigenvalue weighted by molar-refractivity contribution is 6.06. The van der Waals surface area contributed by atoms with E-state index >= 15 is 0 Å². The second-order valence-electron chi connectivity index (χ2n) is 5.68. The topological polar surface area (TPSA) is 97.6 Å². The van der Waals surface area contributed by atoms with Crippen molar-refractivity contribution < 1.29 is 18.7 Å². The van der Waals surface area contributed by atoms with Crippen LogP contribution in [0.3, 0.4) is 0 Å². The van der Waals surface area contributed by atoms with E-state index in [1.807, 2.05) is 0 Å². The van der Waals surface area contributed by atoms with Gasteiger partial charge in [0.05, 0.1) is 7.11 Å². The van der Waals surface area contributed by atoms with E-state index in [2.05, 4.69) is 15.5 Å². The lowest BCUT2D eigenvalue weighted by atomic mass is 10.1. The third-order valence-electron chi connectivity index (χ3n) is 3.54. The maximum Gasteiger partial charge on any atom is 0.325 e. The number of hydrogen-bond donors (Lipinski definition) is 1. The van der Waals surface area contributed by atoms with Crippen LogP contribution in [0.5, 0.6) is 5.75 Å². The molecule has 2 heterocycles. The molecule has 120 valence electrons. The van der Waals surface area contributed by atoms with E-state index in [1.165, 1.54) is 0 Å². The molecular formula is C15H16N4O4. The number of carbonyl (C=O) groups is 2. The molecule has 8 nitrogen and oxygen atoms in total. The summed E-state index contributed by atoms with van der Waals surface area (Å²) in [4.78, 5) is 25.0. The van der Waals surface area contributed by atoms with E-state index in [-0.39, 0.29) is 18.3 Å². The quantitative estimate of drug-likeness (QED) is 0.860. The van der Waals surface area contributed by atoms with Crippen LogP contribution in [-0.2, 0) is 11.3 Å². The van der Waals surface area contributed by atoms with Gasteiger partial charge < -0.3 is 14.5 Å². The number of amides is 3. The molecule has 3 amide bonds. The number of urea groups is 1. The van der Waals surface area contributed by atoms with E-state index < -0.39 is 11.6 Å². The molecule has 23 heavy (non-hydrogen) atoms. The van der Waals surface area contributed by atoms with Gasteiger partial charge in [-0.2, -0.15) is 0 Å². The lowest BCUT2D eigenvalue weighted by Crippen LogP contribution is -2.40. The highest BCUT2D eigenvalue weighted by atomic mass is 16.5. The molecule has 0 unspecified atom stereocenters. The summed E-state index contributed by atoms with van der Waals surface area (Å²) in [5.41, 5.74) is -0.197. The SMILES string of the molecule is COc1ccc(-c2nnc(CN3C(=O)NC(C)(C)C3=O)o2)cc1. The average molecular weight is 316 g/mol. The molecule has 0 atom stereocenters. The third kappa shape index (κ3) is 2.75. The maximum atomic E-state index is 12.1. The predicted molar refractivity (Wildman–Crippen MR) is 79.4 cm³/mol. The van der Waals surface area contributed by atoms with Gasteiger partial charge in [0.1, 0.15) is 17.8 Å². The Hall–Kier alpha value is -2.90. The molecule has 1 aliphatic heterocycles. The normalized spacial score (nSPS) is 16.6. The number of ether oxygens (including phenoxy) is 1. The van der Waals surface area contributed by atoms with Gasteiger partial charge in [-0.15, -0.1) is 10.2 Å². The Labute approximate surface area is 132 Å². The number of hydrogen-bond acceptors (Lipinski definition) is 6. The molecule has 2 aromatic rings. The van der Waals surface area contributed by atoms with Crippen molar-refractivity contribution in [1.29, 1.82) is 0 Å². The van der Waals surface area contributed by atoms with Gasteiger partial charge >= 0.3 is 6.03 Å². The number of methoxy groups -OCH3 is 1. The Morgan fingerprint density at radius 1 is 1.22 bits per heavy atom. The van der Waals surface area contributed by atoms with Crippen molar-refractivity contribution >= 4 is 11.9 Å². The minimum atomic E-state index is -0.921. The Balaban J connectivity index is 1.77. The van der Waals surface area contributed by atoms with Crippen molar-refractivity contribution in [3.8, 4) is 17.2 Å². The lowest BCUT2D eigenvalue weighted by Gasteiger charge is -2.14. The summed E-state index contributed by atoms with van der Waals surface area (Å²) in [6.45, 7) is 3.23. The van der Waals surface area contributed by atoms with Crippen LogP contribution >= 0.6 is 0 Å². The lowest BCUT2D eigenvalue weighted by molar-refractivity contribution is -0.130. The van der Waals surface area contributed by atoms with Crippen molar-refractivity contribution in [1.82, 2.24) is 20.4 Å². The van der Waals surface area contributed by atoms with E-state index in [4.69, 9.17) is 9.15 Å². The summed E-state index contributed by atoms with van der Waals surface area (Å²) in [5, 5.41) is 10.4. The molecule has 0 radical (unpaired) electrons. The van der Waals surface area contributed by atoms with Gasteiger partial charge in [0.2, 0.25) is 11.8 Å². The first kappa shape index (κ1) is 15.0. The van der Waals surface area contributed by atoms with Crippen molar-refractivity contribution in [2.75, 3.05) is 7.11 Å². The van der Waals surface area contributed by atoms with Crippen molar-refractivity contribution in [3.05, 3.63) is 30.2 Å². The minimum Gasteiger partial charge on any atom is -0.497 e. The molecule has 1 N–H and O–H groups in total. The number of nitrogens with one attached hydrogen (secondary N) is 1. The fourth-order valence-electron chi connectivity index (χ4n) is 2.26. The first-order valence-electron chi connectivity index (χ1n) is 7.01. The highest BCUT2D eigenvalue weighted by Gasteiger charge is 2.44. The molecule has 1 fully saturated rings. The first-order chi connectivity index (χ1) is 10.9. The molecular weight excluding hydrogens is 300 g/mol. The van der Waals surface area contributed by atoms with Gasteiger partial charge in [-0.1, -0.05) is 0 Å². The summed E-state index contributed by atoms with van der Waals surface area (Å²) in [5.74, 6) is 0.896. The van der Waals surface area contributed by atoms with E-state index in [0.717, 1.165) is 16.2 Å². The summed E-state index contributed by atoms with van der Waals surface area (Å²) in [6.07, 6.45) is 0. The monoisotopic (exact) mass is 316 g/mol. The molecule has 1 aliphatic rings. The zero-order valence-corrected chi connectivity index (χ0v) is 13.0. The minimum absolute atomic E-state index is 0.0583. The first-order valence-corrected chi connectivity index (χ1v) is 7.01. The molecule has 1 saturated heterocycles. The van der Waals surface area contributed by atoms with Gasteiger partial charge in [0, 0.05) is 5.56 Å².